The normalized spacial score (nSPS) is 11.1. The number of hydrogen-bond acceptors (Lipinski definition) is 5. The molecule has 0 atom stereocenters. The zero-order valence-electron chi connectivity index (χ0n) is 18.5. The predicted molar refractivity (Wildman–Crippen MR) is 137 cm³/mol. The number of carbonyl (C=O) groups excluding carboxylic acids is 1. The molecule has 0 aliphatic carbocycles. The van der Waals surface area contributed by atoms with Crippen molar-refractivity contribution in [2.24, 2.45) is 5.92 Å². The smallest absolute Gasteiger partial charge is 0.262 e. The molecule has 0 saturated carbocycles. The lowest BCUT2D eigenvalue weighted by molar-refractivity contribution is -0.113. The summed E-state index contributed by atoms with van der Waals surface area (Å²) < 4.78 is 1.68. The summed E-state index contributed by atoms with van der Waals surface area (Å²) >= 11 is 2.89. The van der Waals surface area contributed by atoms with Gasteiger partial charge in [-0.05, 0) is 42.3 Å². The topological polar surface area (TPSA) is 64.0 Å². The minimum Gasteiger partial charge on any atom is -0.324 e. The van der Waals surface area contributed by atoms with Crippen molar-refractivity contribution < 1.29 is 4.79 Å². The number of thioether (sulfide) groups is 1. The molecular formula is C26H25N3O2S2. The molecule has 1 heterocycles. The van der Waals surface area contributed by atoms with Gasteiger partial charge in [-0.1, -0.05) is 79.8 Å². The number of benzene rings is 3. The van der Waals surface area contributed by atoms with Crippen LogP contribution in [0.1, 0.15) is 13.8 Å². The zero-order valence-corrected chi connectivity index (χ0v) is 20.2. The Morgan fingerprint density at radius 3 is 2.45 bits per heavy atom. The number of para-hydroxylation sites is 2. The second kappa shape index (κ2) is 10.7. The van der Waals surface area contributed by atoms with Gasteiger partial charge >= 0.3 is 0 Å². The highest BCUT2D eigenvalue weighted by Crippen LogP contribution is 2.33. The first-order chi connectivity index (χ1) is 16.0. The van der Waals surface area contributed by atoms with E-state index < -0.39 is 0 Å². The van der Waals surface area contributed by atoms with Crippen molar-refractivity contribution in [3.8, 4) is 0 Å². The van der Waals surface area contributed by atoms with Crippen LogP contribution in [0.2, 0.25) is 0 Å². The molecule has 0 bridgehead atoms. The van der Waals surface area contributed by atoms with Gasteiger partial charge in [-0.3, -0.25) is 14.2 Å². The van der Waals surface area contributed by atoms with Gasteiger partial charge in [0, 0.05) is 16.3 Å². The van der Waals surface area contributed by atoms with Crippen LogP contribution in [-0.4, -0.2) is 21.2 Å². The number of rotatable bonds is 8. The Labute approximate surface area is 201 Å². The van der Waals surface area contributed by atoms with E-state index in [0.29, 0.717) is 22.6 Å². The van der Waals surface area contributed by atoms with Gasteiger partial charge in [0.05, 0.1) is 22.3 Å². The molecule has 5 nitrogen and oxygen atoms in total. The van der Waals surface area contributed by atoms with Crippen molar-refractivity contribution in [2.75, 3.05) is 11.1 Å². The van der Waals surface area contributed by atoms with Crippen LogP contribution in [0.15, 0.2) is 98.6 Å². The molecule has 3 aromatic carbocycles. The molecule has 168 valence electrons. The number of aromatic nitrogens is 2. The maximum atomic E-state index is 13.0. The first-order valence-electron chi connectivity index (χ1n) is 10.8. The average molecular weight is 476 g/mol. The summed E-state index contributed by atoms with van der Waals surface area (Å²) in [4.78, 5) is 32.6. The molecule has 0 fully saturated rings. The monoisotopic (exact) mass is 475 g/mol. The Balaban J connectivity index is 1.51. The van der Waals surface area contributed by atoms with Gasteiger partial charge in [0.15, 0.2) is 5.16 Å². The largest absolute Gasteiger partial charge is 0.324 e. The van der Waals surface area contributed by atoms with Crippen LogP contribution < -0.4 is 10.9 Å². The number of anilines is 1. The van der Waals surface area contributed by atoms with Gasteiger partial charge in [0.2, 0.25) is 5.91 Å². The van der Waals surface area contributed by atoms with Gasteiger partial charge in [-0.2, -0.15) is 0 Å². The minimum absolute atomic E-state index is 0.0678. The Morgan fingerprint density at radius 1 is 0.970 bits per heavy atom. The van der Waals surface area contributed by atoms with E-state index in [9.17, 15) is 9.59 Å². The fourth-order valence-corrected chi connectivity index (χ4v) is 5.11. The lowest BCUT2D eigenvalue weighted by Gasteiger charge is -2.15. The maximum absolute atomic E-state index is 13.0. The SMILES string of the molecule is CC(C)Cn1c(SCC(=O)Nc2ccccc2Sc2ccccc2)nc2ccccc2c1=O. The molecule has 1 aromatic heterocycles. The van der Waals surface area contributed by atoms with Gasteiger partial charge < -0.3 is 5.32 Å². The Bertz CT molecular complexity index is 1320. The number of amides is 1. The quantitative estimate of drug-likeness (QED) is 0.253. The van der Waals surface area contributed by atoms with Gasteiger partial charge in [-0.15, -0.1) is 0 Å². The molecular weight excluding hydrogens is 450 g/mol. The van der Waals surface area contributed by atoms with E-state index in [0.717, 1.165) is 15.5 Å². The predicted octanol–water partition coefficient (Wildman–Crippen LogP) is 5.93. The summed E-state index contributed by atoms with van der Waals surface area (Å²) in [6, 6.07) is 25.1. The third-order valence-electron chi connectivity index (χ3n) is 4.84. The van der Waals surface area contributed by atoms with Crippen LogP contribution in [0, 0.1) is 5.92 Å². The Kier molecular flexibility index (Phi) is 7.52. The van der Waals surface area contributed by atoms with Crippen molar-refractivity contribution in [3.63, 3.8) is 0 Å². The fourth-order valence-electron chi connectivity index (χ4n) is 3.37. The summed E-state index contributed by atoms with van der Waals surface area (Å²) in [5.74, 6) is 0.299. The molecule has 0 saturated heterocycles. The van der Waals surface area contributed by atoms with Gasteiger partial charge in [-0.25, -0.2) is 4.98 Å². The second-order valence-electron chi connectivity index (χ2n) is 7.97. The molecule has 33 heavy (non-hydrogen) atoms. The molecule has 0 spiro atoms. The Hall–Kier alpha value is -3.03. The van der Waals surface area contributed by atoms with Crippen molar-refractivity contribution in [2.45, 2.75) is 35.3 Å². The lowest BCUT2D eigenvalue weighted by atomic mass is 10.2. The van der Waals surface area contributed by atoms with Crippen LogP contribution in [0.4, 0.5) is 5.69 Å². The van der Waals surface area contributed by atoms with E-state index >= 15 is 0 Å². The average Bonchev–Trinajstić information content (AvgIpc) is 2.81. The highest BCUT2D eigenvalue weighted by Gasteiger charge is 2.15. The molecule has 1 amide bonds. The summed E-state index contributed by atoms with van der Waals surface area (Å²) in [6.07, 6.45) is 0. The number of fused-ring (bicyclic) bond motifs is 1. The number of nitrogens with one attached hydrogen (secondary N) is 1. The third-order valence-corrected chi connectivity index (χ3v) is 6.90. The van der Waals surface area contributed by atoms with E-state index in [2.05, 4.69) is 24.1 Å². The first kappa shape index (κ1) is 23.1. The maximum Gasteiger partial charge on any atom is 0.262 e. The van der Waals surface area contributed by atoms with Crippen molar-refractivity contribution in [1.82, 2.24) is 9.55 Å². The van der Waals surface area contributed by atoms with E-state index in [1.54, 1.807) is 22.4 Å². The van der Waals surface area contributed by atoms with Crippen LogP contribution in [-0.2, 0) is 11.3 Å². The highest BCUT2D eigenvalue weighted by atomic mass is 32.2. The standard InChI is InChI=1S/C26H25N3O2S2/c1-18(2)16-29-25(31)20-12-6-7-13-21(20)28-26(29)32-17-24(30)27-22-14-8-9-15-23(22)33-19-10-4-3-5-11-19/h3-15,18H,16-17H2,1-2H3,(H,27,30). The zero-order chi connectivity index (χ0) is 23.2. The molecule has 4 aromatic rings. The van der Waals surface area contributed by atoms with Gasteiger partial charge in [0.25, 0.3) is 5.56 Å². The first-order valence-corrected chi connectivity index (χ1v) is 12.6. The summed E-state index contributed by atoms with van der Waals surface area (Å²) in [5.41, 5.74) is 1.35. The van der Waals surface area contributed by atoms with E-state index in [4.69, 9.17) is 0 Å². The highest BCUT2D eigenvalue weighted by molar-refractivity contribution is 8.00. The minimum atomic E-state index is -0.139. The number of carbonyl (C=O) groups is 1. The van der Waals surface area contributed by atoms with E-state index in [1.807, 2.05) is 72.8 Å². The van der Waals surface area contributed by atoms with Crippen LogP contribution in [0.25, 0.3) is 10.9 Å². The molecule has 4 rings (SSSR count). The molecule has 0 radical (unpaired) electrons. The molecule has 1 N–H and O–H groups in total. The molecule has 0 aliphatic heterocycles. The Morgan fingerprint density at radius 2 is 1.67 bits per heavy atom. The number of hydrogen-bond donors (Lipinski definition) is 1. The molecule has 0 aliphatic rings. The van der Waals surface area contributed by atoms with Crippen LogP contribution in [0.5, 0.6) is 0 Å². The lowest BCUT2D eigenvalue weighted by Crippen LogP contribution is -2.26. The molecule has 7 heteroatoms. The van der Waals surface area contributed by atoms with Crippen molar-refractivity contribution in [1.29, 1.82) is 0 Å². The summed E-state index contributed by atoms with van der Waals surface area (Å²) in [7, 11) is 0. The van der Waals surface area contributed by atoms with Crippen LogP contribution in [0.3, 0.4) is 0 Å². The summed E-state index contributed by atoms with van der Waals surface area (Å²) in [5, 5.41) is 4.18. The van der Waals surface area contributed by atoms with Gasteiger partial charge in [0.1, 0.15) is 0 Å². The van der Waals surface area contributed by atoms with E-state index in [-0.39, 0.29) is 23.1 Å². The van der Waals surface area contributed by atoms with Crippen molar-refractivity contribution in [3.05, 3.63) is 89.2 Å². The van der Waals surface area contributed by atoms with Crippen LogP contribution >= 0.6 is 23.5 Å². The fraction of sp³-hybridized carbons (Fsp3) is 0.192. The summed E-state index contributed by atoms with van der Waals surface area (Å²) in [6.45, 7) is 4.67. The molecule has 0 unspecified atom stereocenters. The van der Waals surface area contributed by atoms with E-state index in [1.165, 1.54) is 11.8 Å². The second-order valence-corrected chi connectivity index (χ2v) is 10.0. The third kappa shape index (κ3) is 5.86. The van der Waals surface area contributed by atoms with Crippen molar-refractivity contribution >= 4 is 46.0 Å². The number of nitrogens with zero attached hydrogens (tertiary/aromatic N) is 2.